The van der Waals surface area contributed by atoms with Crippen molar-refractivity contribution in [2.75, 3.05) is 0 Å². The molecule has 120 valence electrons. The van der Waals surface area contributed by atoms with Crippen molar-refractivity contribution < 1.29 is 13.3 Å². The molecule has 0 saturated heterocycles. The number of furan rings is 1. The van der Waals surface area contributed by atoms with E-state index in [1.807, 2.05) is 13.0 Å². The first-order valence-electron chi connectivity index (χ1n) is 7.23. The van der Waals surface area contributed by atoms with Crippen LogP contribution >= 0.6 is 0 Å². The van der Waals surface area contributed by atoms with Crippen LogP contribution in [0.5, 0.6) is 0 Å². The molecule has 0 unspecified atom stereocenters. The fraction of sp³-hybridized carbons (Fsp3) is 0.125. The fourth-order valence-electron chi connectivity index (χ4n) is 2.35. The lowest BCUT2D eigenvalue weighted by Crippen LogP contribution is -2.04. The molecule has 0 aliphatic rings. The Morgan fingerprint density at radius 1 is 1.21 bits per heavy atom. The minimum absolute atomic E-state index is 0.272. The van der Waals surface area contributed by atoms with E-state index in [0.29, 0.717) is 23.8 Å². The third kappa shape index (κ3) is 2.58. The molecule has 0 fully saturated rings. The van der Waals surface area contributed by atoms with E-state index in [1.54, 1.807) is 22.9 Å². The van der Waals surface area contributed by atoms with Gasteiger partial charge in [-0.25, -0.2) is 9.07 Å². The number of rotatable bonds is 4. The van der Waals surface area contributed by atoms with Crippen LogP contribution in [-0.4, -0.2) is 25.1 Å². The molecule has 0 spiro atoms. The highest BCUT2D eigenvalue weighted by Crippen LogP contribution is 2.23. The smallest absolute Gasteiger partial charge is 0.293 e. The van der Waals surface area contributed by atoms with Crippen LogP contribution in [0.2, 0.25) is 0 Å². The molecule has 0 N–H and O–H groups in total. The highest BCUT2D eigenvalue weighted by atomic mass is 19.1. The quantitative estimate of drug-likeness (QED) is 0.573. The third-order valence-corrected chi connectivity index (χ3v) is 3.57. The second kappa shape index (κ2) is 5.73. The van der Waals surface area contributed by atoms with Crippen molar-refractivity contribution >= 4 is 0 Å². The van der Waals surface area contributed by atoms with Gasteiger partial charge in [-0.1, -0.05) is 22.5 Å². The molecule has 0 aliphatic heterocycles. The van der Waals surface area contributed by atoms with Crippen molar-refractivity contribution in [1.82, 2.24) is 25.1 Å². The monoisotopic (exact) mass is 325 g/mol. The lowest BCUT2D eigenvalue weighted by molar-refractivity contribution is 0.416. The zero-order valence-corrected chi connectivity index (χ0v) is 12.7. The molecule has 3 aromatic heterocycles. The van der Waals surface area contributed by atoms with E-state index >= 15 is 0 Å². The largest absolute Gasteiger partial charge is 0.459 e. The van der Waals surface area contributed by atoms with Gasteiger partial charge < -0.3 is 8.94 Å². The maximum absolute atomic E-state index is 13.3. The average molecular weight is 325 g/mol. The third-order valence-electron chi connectivity index (χ3n) is 3.57. The van der Waals surface area contributed by atoms with E-state index < -0.39 is 0 Å². The molecule has 4 aromatic rings. The minimum atomic E-state index is -0.285. The molecular formula is C16H12FN5O2. The highest BCUT2D eigenvalue weighted by Gasteiger charge is 2.18. The van der Waals surface area contributed by atoms with E-state index in [1.165, 1.54) is 18.4 Å². The van der Waals surface area contributed by atoms with Crippen molar-refractivity contribution in [2.24, 2.45) is 0 Å². The number of hydrogen-bond acceptors (Lipinski definition) is 6. The summed E-state index contributed by atoms with van der Waals surface area (Å²) in [5.41, 5.74) is 2.05. The summed E-state index contributed by atoms with van der Waals surface area (Å²) in [5, 5.41) is 12.1. The van der Waals surface area contributed by atoms with Gasteiger partial charge in [0.05, 0.1) is 18.5 Å². The predicted octanol–water partition coefficient (Wildman–Crippen LogP) is 3.08. The Hall–Kier alpha value is -3.29. The van der Waals surface area contributed by atoms with E-state index in [2.05, 4.69) is 20.5 Å². The lowest BCUT2D eigenvalue weighted by Gasteiger charge is -2.03. The van der Waals surface area contributed by atoms with Crippen LogP contribution in [0, 0.1) is 12.7 Å². The Morgan fingerprint density at radius 2 is 2.12 bits per heavy atom. The zero-order chi connectivity index (χ0) is 16.5. The van der Waals surface area contributed by atoms with E-state index in [-0.39, 0.29) is 11.7 Å². The molecule has 0 amide bonds. The van der Waals surface area contributed by atoms with Gasteiger partial charge in [0.25, 0.3) is 5.89 Å². The van der Waals surface area contributed by atoms with Gasteiger partial charge in [-0.2, -0.15) is 4.98 Å². The first-order chi connectivity index (χ1) is 11.7. The van der Waals surface area contributed by atoms with Gasteiger partial charge >= 0.3 is 0 Å². The summed E-state index contributed by atoms with van der Waals surface area (Å²) < 4.78 is 25.4. The van der Waals surface area contributed by atoms with Crippen molar-refractivity contribution in [1.29, 1.82) is 0 Å². The van der Waals surface area contributed by atoms with Crippen LogP contribution in [0.25, 0.3) is 23.2 Å². The summed E-state index contributed by atoms with van der Waals surface area (Å²) in [6, 6.07) is 9.81. The molecule has 8 heteroatoms. The maximum atomic E-state index is 13.3. The first-order valence-corrected chi connectivity index (χ1v) is 7.23. The van der Waals surface area contributed by atoms with Crippen molar-refractivity contribution in [3.05, 3.63) is 59.7 Å². The maximum Gasteiger partial charge on any atom is 0.293 e. The van der Waals surface area contributed by atoms with Crippen molar-refractivity contribution in [2.45, 2.75) is 13.5 Å². The molecule has 7 nitrogen and oxygen atoms in total. The van der Waals surface area contributed by atoms with Crippen LogP contribution in [0.1, 0.15) is 11.3 Å². The Kier molecular flexibility index (Phi) is 3.42. The topological polar surface area (TPSA) is 82.8 Å². The highest BCUT2D eigenvalue weighted by molar-refractivity contribution is 5.54. The van der Waals surface area contributed by atoms with Crippen LogP contribution < -0.4 is 0 Å². The van der Waals surface area contributed by atoms with Crippen LogP contribution in [0.4, 0.5) is 4.39 Å². The number of nitrogens with zero attached hydrogens (tertiary/aromatic N) is 5. The van der Waals surface area contributed by atoms with Crippen LogP contribution in [-0.2, 0) is 6.54 Å². The summed E-state index contributed by atoms with van der Waals surface area (Å²) in [4.78, 5) is 4.27. The van der Waals surface area contributed by atoms with E-state index in [4.69, 9.17) is 8.94 Å². The summed E-state index contributed by atoms with van der Waals surface area (Å²) >= 11 is 0. The molecule has 0 atom stereocenters. The van der Waals surface area contributed by atoms with E-state index in [9.17, 15) is 4.39 Å². The standard InChI is InChI=1S/C16H12FN5O2/c1-10-14(15-18-16(24-20-15)13-6-3-7-23-13)19-21-22(10)9-11-4-2-5-12(17)8-11/h2-8H,9H2,1H3. The Morgan fingerprint density at radius 3 is 2.92 bits per heavy atom. The van der Waals surface area contributed by atoms with Crippen LogP contribution in [0.3, 0.4) is 0 Å². The van der Waals surface area contributed by atoms with Crippen molar-refractivity contribution in [3.63, 3.8) is 0 Å². The predicted molar refractivity (Wildman–Crippen MR) is 81.3 cm³/mol. The molecule has 4 rings (SSSR count). The number of aromatic nitrogens is 5. The van der Waals surface area contributed by atoms with Gasteiger partial charge in [0.15, 0.2) is 11.5 Å². The van der Waals surface area contributed by atoms with Gasteiger partial charge in [-0.05, 0) is 36.8 Å². The number of benzene rings is 1. The van der Waals surface area contributed by atoms with Gasteiger partial charge in [-0.3, -0.25) is 0 Å². The summed E-state index contributed by atoms with van der Waals surface area (Å²) in [6.45, 7) is 2.25. The minimum Gasteiger partial charge on any atom is -0.459 e. The summed E-state index contributed by atoms with van der Waals surface area (Å²) in [7, 11) is 0. The first kappa shape index (κ1) is 14.3. The van der Waals surface area contributed by atoms with Gasteiger partial charge in [0, 0.05) is 0 Å². The molecule has 0 aliphatic carbocycles. The second-order valence-electron chi connectivity index (χ2n) is 5.21. The zero-order valence-electron chi connectivity index (χ0n) is 12.7. The summed E-state index contributed by atoms with van der Waals surface area (Å²) in [5.74, 6) is 0.795. The second-order valence-corrected chi connectivity index (χ2v) is 5.21. The molecule has 0 bridgehead atoms. The average Bonchev–Trinajstić information content (AvgIpc) is 3.29. The van der Waals surface area contributed by atoms with Gasteiger partial charge in [0.1, 0.15) is 5.82 Å². The Labute approximate surface area is 135 Å². The molecule has 24 heavy (non-hydrogen) atoms. The SMILES string of the molecule is Cc1c(-c2noc(-c3ccco3)n2)nnn1Cc1cccc(F)c1. The van der Waals surface area contributed by atoms with Crippen molar-refractivity contribution in [3.8, 4) is 23.2 Å². The Balaban J connectivity index is 1.62. The molecule has 1 aromatic carbocycles. The molecular weight excluding hydrogens is 313 g/mol. The molecule has 0 radical (unpaired) electrons. The molecule has 0 saturated carbocycles. The molecule has 3 heterocycles. The number of hydrogen-bond donors (Lipinski definition) is 0. The lowest BCUT2D eigenvalue weighted by atomic mass is 10.2. The van der Waals surface area contributed by atoms with E-state index in [0.717, 1.165) is 11.3 Å². The summed E-state index contributed by atoms with van der Waals surface area (Å²) in [6.07, 6.45) is 1.53. The normalized spacial score (nSPS) is 11.1. The van der Waals surface area contributed by atoms with Crippen LogP contribution in [0.15, 0.2) is 51.6 Å². The Bertz CT molecular complexity index is 974. The number of halogens is 1. The van der Waals surface area contributed by atoms with Gasteiger partial charge in [0.2, 0.25) is 5.82 Å². The van der Waals surface area contributed by atoms with Gasteiger partial charge in [-0.15, -0.1) is 5.10 Å². The fourth-order valence-corrected chi connectivity index (χ4v) is 2.35.